The number of ether oxygens (including phenoxy) is 6. The molecule has 0 aliphatic carbocycles. The molecule has 8 aliphatic rings. The zero-order chi connectivity index (χ0) is 92.0. The van der Waals surface area contributed by atoms with E-state index >= 15 is 24.0 Å². The van der Waals surface area contributed by atoms with E-state index in [9.17, 15) is 69.9 Å². The van der Waals surface area contributed by atoms with Crippen molar-refractivity contribution in [1.82, 2.24) is 68.3 Å². The van der Waals surface area contributed by atoms with Gasteiger partial charge in [-0.3, -0.25) is 63.6 Å². The fraction of sp³-hybridized carbons (Fsp3) is 0.381. The maximum Gasteiger partial charge on any atom is 0.349 e. The number of fused-ring (bicyclic) bond motifs is 15. The van der Waals surface area contributed by atoms with Crippen LogP contribution in [0.1, 0.15) is 111 Å². The molecular weight excluding hydrogens is 1740 g/mol. The van der Waals surface area contributed by atoms with Crippen LogP contribution in [0.2, 0.25) is 15.1 Å². The first-order valence-electron chi connectivity index (χ1n) is 40.3. The quantitative estimate of drug-likeness (QED) is 0.0371. The molecule has 1 aromatic heterocycles. The van der Waals surface area contributed by atoms with Crippen molar-refractivity contribution in [3.63, 3.8) is 0 Å². The van der Waals surface area contributed by atoms with Gasteiger partial charge in [-0.25, -0.2) is 4.79 Å². The molecule has 23 N–H and O–H groups in total. The average molecular weight is 1830 g/mol. The SMILES string of the molecule is CNC(CC(C)C)C(=O)NC1C(=O)NC(CC(N)=O)C(=O)NC2C(=O)NC3C(=O)NC(C(=O)NC(C(=O)NNC4=NCCN4)c4cc(O)cc(O)c4-c4cc3ccc4O)C(O)c3ccc(c(Cl)c3)Oc3cc2cc(c3OC2OC(CO)C(O)C(O)C2OC2CC(C)(NCCn3ccc(NC(=O)C=Cc4ccc(Cl)cc4)nc3=O)C(O)C(C)O2)Oc2ccc(cc2Cl)C1O. The Morgan fingerprint density at radius 1 is 0.734 bits per heavy atom. The first-order valence-corrected chi connectivity index (χ1v) is 41.4. The van der Waals surface area contributed by atoms with Gasteiger partial charge in [0.15, 0.2) is 23.9 Å². The molecule has 0 saturated carbocycles. The van der Waals surface area contributed by atoms with Crippen molar-refractivity contribution >= 4 is 106 Å². The number of amides is 9. The molecule has 128 heavy (non-hydrogen) atoms. The number of hydrogen-bond acceptors (Lipinski definition) is 31. The molecular formula is C84H93Cl3N16O25. The molecule has 11 bridgehead atoms. The number of likely N-dealkylation sites (N-methyl/N-ethyl adjacent to an activating group) is 1. The standard InChI is InChI=1S/C84H93Cl3N16O25/c1-35(2)24-48(89-5)74(115)99-65-67(110)39-10-15-52(46(86)26-39)124-54-28-41-29-55(71(54)128-81-72(70(113)69(112)56(34-104)126-81)127-60-33-84(4,73(114)36(3)123-60)92-21-23-103-22-18-58(95-83(103)122)94-59(109)17-8-37-6-12-42(85)13-7-37)125-53-16-11-40(27-47(53)87)68(111)66-79(120)98-64(80(121)101-102-82-90-19-20-91-82)45-30-43(105)31-51(107)61(45)44-25-38(9-14-50(44)106)62(76(117)100-66)97-77(118)63(41)96-75(116)49(32-57(88)108)93-78(65)119/h6-18,22,25-31,35-36,48-49,56,60,62-70,72-73,81,89,92,104-107,110-114H,19-21,23-24,32-34H2,1-5H3,(H2,88,108)(H,93,119)(H,96,116)(H,97,118)(H,98,120)(H,99,115)(H,100,117)(H,101,121)(H2,90,91,102)(H,94,95,109,122). The Morgan fingerprint density at radius 2 is 1.40 bits per heavy atom. The fourth-order valence-corrected chi connectivity index (χ4v) is 16.0. The zero-order valence-corrected chi connectivity index (χ0v) is 71.1. The number of hydrogen-bond donors (Lipinski definition) is 22. The number of primary amides is 1. The Balaban J connectivity index is 0.940. The van der Waals surface area contributed by atoms with Gasteiger partial charge in [-0.15, -0.1) is 0 Å². The Morgan fingerprint density at radius 3 is 2.04 bits per heavy atom. The van der Waals surface area contributed by atoms with Gasteiger partial charge in [-0.2, -0.15) is 4.98 Å². The molecule has 680 valence electrons. The maximum atomic E-state index is 16.4. The molecule has 15 rings (SSSR count). The van der Waals surface area contributed by atoms with Gasteiger partial charge in [0.25, 0.3) is 5.91 Å². The van der Waals surface area contributed by atoms with Gasteiger partial charge < -0.3 is 133 Å². The van der Waals surface area contributed by atoms with Crippen molar-refractivity contribution in [2.45, 2.75) is 163 Å². The van der Waals surface area contributed by atoms with E-state index in [1.54, 1.807) is 31.2 Å². The molecule has 6 aromatic carbocycles. The number of aliphatic hydroxyl groups is 6. The summed E-state index contributed by atoms with van der Waals surface area (Å²) in [6, 6.07) is 7.73. The third kappa shape index (κ3) is 21.2. The second kappa shape index (κ2) is 39.9. The molecule has 0 radical (unpaired) electrons. The number of nitrogens with zero attached hydrogens (tertiary/aromatic N) is 3. The molecule has 9 amide bonds. The minimum Gasteiger partial charge on any atom is -0.508 e. The van der Waals surface area contributed by atoms with Crippen LogP contribution in [0, 0.1) is 5.92 Å². The number of phenolic OH excluding ortho intramolecular Hbond substituents is 3. The lowest BCUT2D eigenvalue weighted by Gasteiger charge is -2.48. The highest BCUT2D eigenvalue weighted by atomic mass is 35.5. The minimum absolute atomic E-state index is 0.0346. The number of carbonyl (C=O) groups is 9. The van der Waals surface area contributed by atoms with Gasteiger partial charge >= 0.3 is 5.69 Å². The van der Waals surface area contributed by atoms with Crippen LogP contribution >= 0.6 is 34.8 Å². The van der Waals surface area contributed by atoms with E-state index in [-0.39, 0.29) is 72.6 Å². The first-order chi connectivity index (χ1) is 60.9. The number of carbonyl (C=O) groups excluding carboxylic acids is 9. The third-order valence-corrected chi connectivity index (χ3v) is 22.9. The lowest BCUT2D eigenvalue weighted by Crippen LogP contribution is -2.65. The Labute approximate surface area is 743 Å². The minimum atomic E-state index is -2.39. The third-order valence-electron chi connectivity index (χ3n) is 22.0. The number of anilines is 1. The van der Waals surface area contributed by atoms with Gasteiger partial charge in [-0.05, 0) is 145 Å². The number of aliphatic hydroxyl groups excluding tert-OH is 6. The molecule has 0 spiro atoms. The highest BCUT2D eigenvalue weighted by Gasteiger charge is 2.52. The summed E-state index contributed by atoms with van der Waals surface area (Å²) in [6.45, 7) is 6.25. The number of aliphatic imine (C=N–C) groups is 1. The molecule has 7 aromatic rings. The summed E-state index contributed by atoms with van der Waals surface area (Å²) in [5.74, 6) is -16.0. The van der Waals surface area contributed by atoms with Gasteiger partial charge in [0, 0.05) is 66.1 Å². The Kier molecular flexibility index (Phi) is 29.1. The van der Waals surface area contributed by atoms with Crippen molar-refractivity contribution in [1.29, 1.82) is 0 Å². The van der Waals surface area contributed by atoms with E-state index in [0.717, 1.165) is 66.7 Å². The van der Waals surface area contributed by atoms with Crippen LogP contribution in [0.15, 0.2) is 131 Å². The molecule has 8 aliphatic heterocycles. The van der Waals surface area contributed by atoms with E-state index in [4.69, 9.17) is 69.0 Å². The number of aromatic nitrogens is 2. The number of phenols is 3. The first kappa shape index (κ1) is 93.3. The predicted molar refractivity (Wildman–Crippen MR) is 455 cm³/mol. The number of benzene rings is 6. The van der Waals surface area contributed by atoms with E-state index in [0.29, 0.717) is 17.1 Å². The number of rotatable bonds is 20. The van der Waals surface area contributed by atoms with Crippen LogP contribution in [0.3, 0.4) is 0 Å². The zero-order valence-electron chi connectivity index (χ0n) is 68.8. The van der Waals surface area contributed by atoms with Gasteiger partial charge in [0.1, 0.15) is 101 Å². The number of aromatic hydroxyl groups is 3. The monoisotopic (exact) mass is 1830 g/mol. The number of nitrogens with one attached hydrogen (secondary N) is 12. The van der Waals surface area contributed by atoms with E-state index in [2.05, 4.69) is 74.0 Å². The normalized spacial score (nSPS) is 26.1. The van der Waals surface area contributed by atoms with Crippen LogP contribution in [0.5, 0.6) is 46.0 Å². The lowest BCUT2D eigenvalue weighted by atomic mass is 9.85. The van der Waals surface area contributed by atoms with Crippen LogP contribution < -0.4 is 89.7 Å². The van der Waals surface area contributed by atoms with E-state index < -0.39 is 254 Å². The Hall–Kier alpha value is -12.3. The van der Waals surface area contributed by atoms with Crippen LogP contribution in [0.25, 0.3) is 17.2 Å². The summed E-state index contributed by atoms with van der Waals surface area (Å²) >= 11 is 20.4. The molecule has 9 heterocycles. The summed E-state index contributed by atoms with van der Waals surface area (Å²) in [7, 11) is 1.47. The summed E-state index contributed by atoms with van der Waals surface area (Å²) in [6.07, 6.45) is -15.3. The summed E-state index contributed by atoms with van der Waals surface area (Å²) in [4.78, 5) is 155. The number of nitrogens with two attached hydrogens (primary N) is 1. The van der Waals surface area contributed by atoms with Crippen molar-refractivity contribution in [3.05, 3.63) is 180 Å². The van der Waals surface area contributed by atoms with Crippen molar-refractivity contribution in [2.75, 3.05) is 38.6 Å². The predicted octanol–water partition coefficient (Wildman–Crippen LogP) is 0.795. The molecule has 41 nitrogen and oxygen atoms in total. The molecule has 44 heteroatoms. The summed E-state index contributed by atoms with van der Waals surface area (Å²) < 4.78 is 40.7. The number of hydrazine groups is 1. The van der Waals surface area contributed by atoms with E-state index in [1.807, 2.05) is 13.8 Å². The molecule has 18 atom stereocenters. The largest absolute Gasteiger partial charge is 0.508 e. The van der Waals surface area contributed by atoms with Gasteiger partial charge in [-0.1, -0.05) is 79.0 Å². The van der Waals surface area contributed by atoms with Gasteiger partial charge in [0.2, 0.25) is 65.3 Å². The highest BCUT2D eigenvalue weighted by molar-refractivity contribution is 6.32. The molecule has 2 saturated heterocycles. The van der Waals surface area contributed by atoms with E-state index in [1.165, 1.54) is 55.1 Å². The maximum absolute atomic E-state index is 16.4. The van der Waals surface area contributed by atoms with Crippen molar-refractivity contribution < 1.29 is 118 Å². The fourth-order valence-electron chi connectivity index (χ4n) is 15.4. The van der Waals surface area contributed by atoms with Crippen LogP contribution in [-0.2, 0) is 63.9 Å². The smallest absolute Gasteiger partial charge is 0.349 e. The topological polar surface area (TPSA) is 609 Å². The summed E-state index contributed by atoms with van der Waals surface area (Å²) in [5.41, 5.74) is 6.66. The van der Waals surface area contributed by atoms with Crippen molar-refractivity contribution in [2.24, 2.45) is 16.6 Å². The number of halogens is 3. The number of guanidine groups is 1. The second-order valence-corrected chi connectivity index (χ2v) is 32.9. The summed E-state index contributed by atoms with van der Waals surface area (Å²) in [5, 5.41) is 133. The van der Waals surface area contributed by atoms with Crippen molar-refractivity contribution in [3.8, 4) is 57.1 Å². The van der Waals surface area contributed by atoms with Crippen LogP contribution in [0.4, 0.5) is 5.82 Å². The molecule has 18 unspecified atom stereocenters. The second-order valence-electron chi connectivity index (χ2n) is 31.6. The lowest BCUT2D eigenvalue weighted by molar-refractivity contribution is -0.334. The van der Waals surface area contributed by atoms with Crippen LogP contribution in [-0.4, -0.2) is 227 Å². The average Bonchev–Trinajstić information content (AvgIpc) is 0.792. The highest BCUT2D eigenvalue weighted by Crippen LogP contribution is 2.50. The molecule has 2 fully saturated rings. The van der Waals surface area contributed by atoms with Gasteiger partial charge in [0.05, 0.1) is 47.9 Å². The Bertz CT molecular complexity index is 5560.